The monoisotopic (exact) mass is 219 g/mol. The van der Waals surface area contributed by atoms with Crippen molar-refractivity contribution in [1.29, 1.82) is 0 Å². The lowest BCUT2D eigenvalue weighted by atomic mass is 10.2. The highest BCUT2D eigenvalue weighted by molar-refractivity contribution is 5.73. The highest BCUT2D eigenvalue weighted by Gasteiger charge is 2.03. The highest BCUT2D eigenvalue weighted by atomic mass is 16.3. The van der Waals surface area contributed by atoms with Gasteiger partial charge in [-0.1, -0.05) is 6.92 Å². The average Bonchev–Trinajstić information content (AvgIpc) is 2.61. The fourth-order valence-electron chi connectivity index (χ4n) is 1.45. The predicted octanol–water partition coefficient (Wildman–Crippen LogP) is 2.51. The summed E-state index contributed by atoms with van der Waals surface area (Å²) in [6.07, 6.45) is 2.36. The normalized spacial score (nSPS) is 9.38. The molecule has 2 aromatic heterocycles. The first-order chi connectivity index (χ1) is 7.71. The van der Waals surface area contributed by atoms with Gasteiger partial charge in [-0.15, -0.1) is 0 Å². The van der Waals surface area contributed by atoms with Crippen LogP contribution in [0, 0.1) is 6.92 Å². The van der Waals surface area contributed by atoms with E-state index < -0.39 is 0 Å². The molecule has 0 radical (unpaired) electrons. The van der Waals surface area contributed by atoms with Gasteiger partial charge in [0, 0.05) is 18.2 Å². The third kappa shape index (κ3) is 3.04. The number of carbonyl (C=O) groups excluding carboxylic acids is 2. The lowest BCUT2D eigenvalue weighted by Gasteiger charge is -1.89. The van der Waals surface area contributed by atoms with E-state index in [9.17, 15) is 0 Å². The van der Waals surface area contributed by atoms with Crippen molar-refractivity contribution in [3.05, 3.63) is 29.7 Å². The summed E-state index contributed by atoms with van der Waals surface area (Å²) in [7, 11) is 0. The topological polar surface area (TPSA) is 60.2 Å². The fourth-order valence-corrected chi connectivity index (χ4v) is 1.45. The molecule has 0 aliphatic heterocycles. The van der Waals surface area contributed by atoms with E-state index in [-0.39, 0.29) is 6.15 Å². The molecule has 2 heterocycles. The number of pyridine rings is 1. The number of hydrogen-bond acceptors (Lipinski definition) is 4. The summed E-state index contributed by atoms with van der Waals surface area (Å²) in [4.78, 5) is 20.6. The second kappa shape index (κ2) is 5.83. The maximum atomic E-state index is 8.12. The van der Waals surface area contributed by atoms with Crippen molar-refractivity contribution in [3.8, 4) is 0 Å². The summed E-state index contributed by atoms with van der Waals surface area (Å²) in [6, 6.07) is 5.99. The van der Waals surface area contributed by atoms with Gasteiger partial charge in [0.05, 0.1) is 0 Å². The zero-order chi connectivity index (χ0) is 12.0. The van der Waals surface area contributed by atoms with Crippen molar-refractivity contribution >= 4 is 17.3 Å². The van der Waals surface area contributed by atoms with Crippen molar-refractivity contribution in [2.45, 2.75) is 26.7 Å². The Morgan fingerprint density at radius 3 is 2.69 bits per heavy atom. The Labute approximate surface area is 93.3 Å². The Morgan fingerprint density at radius 2 is 2.06 bits per heavy atom. The third-order valence-electron chi connectivity index (χ3n) is 2.06. The SMILES string of the molecule is CCCc1cc2nc(C)ccc2o1.O=C=O. The molecular weight excluding hydrogens is 206 g/mol. The van der Waals surface area contributed by atoms with Gasteiger partial charge in [-0.3, -0.25) is 0 Å². The zero-order valence-electron chi connectivity index (χ0n) is 9.32. The standard InChI is InChI=1S/C11H13NO.CO2/c1-3-4-9-7-10-11(13-9)6-5-8(2)12-10;2-1-3/h5-7H,3-4H2,1-2H3;. The number of hydrogen-bond donors (Lipinski definition) is 0. The number of furan rings is 1. The molecule has 0 aliphatic rings. The molecule has 4 nitrogen and oxygen atoms in total. The molecule has 0 amide bonds. The molecule has 0 saturated carbocycles. The lowest BCUT2D eigenvalue weighted by molar-refractivity contribution is -0.191. The third-order valence-corrected chi connectivity index (χ3v) is 2.06. The minimum absolute atomic E-state index is 0.250. The van der Waals surface area contributed by atoms with Crippen LogP contribution in [0.2, 0.25) is 0 Å². The van der Waals surface area contributed by atoms with Crippen LogP contribution >= 0.6 is 0 Å². The van der Waals surface area contributed by atoms with Crippen LogP contribution in [-0.2, 0) is 16.0 Å². The van der Waals surface area contributed by atoms with Crippen molar-refractivity contribution in [1.82, 2.24) is 4.98 Å². The Morgan fingerprint density at radius 1 is 1.38 bits per heavy atom. The van der Waals surface area contributed by atoms with E-state index in [2.05, 4.69) is 11.9 Å². The second-order valence-electron chi connectivity index (χ2n) is 3.38. The first-order valence-electron chi connectivity index (χ1n) is 5.06. The smallest absolute Gasteiger partial charge is 0.373 e. The Balaban J connectivity index is 0.000000386. The molecule has 0 N–H and O–H groups in total. The quantitative estimate of drug-likeness (QED) is 0.778. The van der Waals surface area contributed by atoms with E-state index in [1.165, 1.54) is 0 Å². The van der Waals surface area contributed by atoms with Crippen LogP contribution in [0.3, 0.4) is 0 Å². The number of fused-ring (bicyclic) bond motifs is 1. The van der Waals surface area contributed by atoms with Crippen LogP contribution in [0.4, 0.5) is 0 Å². The molecule has 2 rings (SSSR count). The maximum absolute atomic E-state index is 8.12. The van der Waals surface area contributed by atoms with Gasteiger partial charge in [0.2, 0.25) is 0 Å². The van der Waals surface area contributed by atoms with E-state index in [0.717, 1.165) is 35.4 Å². The molecule has 0 atom stereocenters. The zero-order valence-corrected chi connectivity index (χ0v) is 9.32. The fraction of sp³-hybridized carbons (Fsp3) is 0.333. The molecule has 0 unspecified atom stereocenters. The number of aromatic nitrogens is 1. The van der Waals surface area contributed by atoms with Crippen LogP contribution < -0.4 is 0 Å². The predicted molar refractivity (Wildman–Crippen MR) is 57.7 cm³/mol. The van der Waals surface area contributed by atoms with E-state index in [1.807, 2.05) is 25.1 Å². The summed E-state index contributed by atoms with van der Waals surface area (Å²) >= 11 is 0. The summed E-state index contributed by atoms with van der Waals surface area (Å²) in [5.74, 6) is 1.04. The van der Waals surface area contributed by atoms with Crippen molar-refractivity contribution < 1.29 is 14.0 Å². The van der Waals surface area contributed by atoms with Gasteiger partial charge in [0.1, 0.15) is 11.3 Å². The van der Waals surface area contributed by atoms with Gasteiger partial charge < -0.3 is 4.42 Å². The van der Waals surface area contributed by atoms with Crippen molar-refractivity contribution in [3.63, 3.8) is 0 Å². The maximum Gasteiger partial charge on any atom is 0.373 e. The minimum Gasteiger partial charge on any atom is -0.459 e. The lowest BCUT2D eigenvalue weighted by Crippen LogP contribution is -1.77. The number of aryl methyl sites for hydroxylation is 2. The van der Waals surface area contributed by atoms with Gasteiger partial charge in [-0.2, -0.15) is 9.59 Å². The minimum atomic E-state index is 0.250. The van der Waals surface area contributed by atoms with Gasteiger partial charge >= 0.3 is 6.15 Å². The molecule has 0 aliphatic carbocycles. The molecule has 0 saturated heterocycles. The number of nitrogens with zero attached hydrogens (tertiary/aromatic N) is 1. The van der Waals surface area contributed by atoms with E-state index in [0.29, 0.717) is 0 Å². The summed E-state index contributed by atoms with van der Waals surface area (Å²) in [5, 5.41) is 0. The molecule has 16 heavy (non-hydrogen) atoms. The average molecular weight is 219 g/mol. The molecule has 0 fully saturated rings. The van der Waals surface area contributed by atoms with Gasteiger partial charge in [0.15, 0.2) is 5.58 Å². The Bertz CT molecular complexity index is 496. The molecule has 84 valence electrons. The largest absolute Gasteiger partial charge is 0.459 e. The highest BCUT2D eigenvalue weighted by Crippen LogP contribution is 2.18. The first kappa shape index (κ1) is 12.1. The van der Waals surface area contributed by atoms with Crippen LogP contribution in [0.1, 0.15) is 24.8 Å². The Kier molecular flexibility index (Phi) is 4.42. The van der Waals surface area contributed by atoms with Crippen molar-refractivity contribution in [2.75, 3.05) is 0 Å². The molecule has 2 aromatic rings. The molecule has 0 bridgehead atoms. The molecular formula is C12H13NO3. The van der Waals surface area contributed by atoms with Gasteiger partial charge in [-0.05, 0) is 25.5 Å². The molecule has 4 heteroatoms. The van der Waals surface area contributed by atoms with Crippen LogP contribution in [0.5, 0.6) is 0 Å². The second-order valence-corrected chi connectivity index (χ2v) is 3.38. The Hall–Kier alpha value is -1.93. The van der Waals surface area contributed by atoms with E-state index in [4.69, 9.17) is 14.0 Å². The van der Waals surface area contributed by atoms with E-state index >= 15 is 0 Å². The van der Waals surface area contributed by atoms with Crippen molar-refractivity contribution in [2.24, 2.45) is 0 Å². The summed E-state index contributed by atoms with van der Waals surface area (Å²) in [6.45, 7) is 4.14. The molecule has 0 spiro atoms. The van der Waals surface area contributed by atoms with Crippen LogP contribution in [0.25, 0.3) is 11.1 Å². The van der Waals surface area contributed by atoms with Gasteiger partial charge in [-0.25, -0.2) is 4.98 Å². The van der Waals surface area contributed by atoms with E-state index in [1.54, 1.807) is 0 Å². The summed E-state index contributed by atoms with van der Waals surface area (Å²) in [5.41, 5.74) is 2.91. The first-order valence-corrected chi connectivity index (χ1v) is 5.06. The van der Waals surface area contributed by atoms with Gasteiger partial charge in [0.25, 0.3) is 0 Å². The van der Waals surface area contributed by atoms with Crippen LogP contribution in [-0.4, -0.2) is 11.1 Å². The van der Waals surface area contributed by atoms with Crippen LogP contribution in [0.15, 0.2) is 22.6 Å². The number of rotatable bonds is 2. The summed E-state index contributed by atoms with van der Waals surface area (Å²) < 4.78 is 5.60. The molecule has 0 aromatic carbocycles.